The zero-order valence-electron chi connectivity index (χ0n) is 17.2. The van der Waals surface area contributed by atoms with E-state index in [0.29, 0.717) is 11.5 Å². The Kier molecular flexibility index (Phi) is 9.84. The minimum atomic E-state index is -1.03. The average Bonchev–Trinajstić information content (AvgIpc) is 3.50. The topological polar surface area (TPSA) is 215 Å². The Morgan fingerprint density at radius 1 is 1.12 bits per heavy atom. The fourth-order valence-corrected chi connectivity index (χ4v) is 4.43. The lowest BCUT2D eigenvalue weighted by molar-refractivity contribution is -0.139. The first-order chi connectivity index (χ1) is 15.6. The summed E-state index contributed by atoms with van der Waals surface area (Å²) >= 11 is 2.62. The Hall–Kier alpha value is -2.94. The molecule has 1 aromatic carbocycles. The molecule has 0 unspecified atom stereocenters. The predicted octanol–water partition coefficient (Wildman–Crippen LogP) is 0.457. The third-order valence-electron chi connectivity index (χ3n) is 4.49. The predicted molar refractivity (Wildman–Crippen MR) is 124 cm³/mol. The zero-order valence-corrected chi connectivity index (χ0v) is 18.8. The molecule has 2 aliphatic heterocycles. The number of carbonyl (C=O) groups is 4. The van der Waals surface area contributed by atoms with E-state index in [1.54, 1.807) is 36.2 Å². The van der Waals surface area contributed by atoms with Crippen LogP contribution in [0, 0.1) is 0 Å². The van der Waals surface area contributed by atoms with E-state index >= 15 is 0 Å². The van der Waals surface area contributed by atoms with Crippen LogP contribution < -0.4 is 16.4 Å². The average molecular weight is 501 g/mol. The molecule has 12 nitrogen and oxygen atoms in total. The number of fused-ring (bicyclic) bond motifs is 1. The lowest BCUT2D eigenvalue weighted by Crippen LogP contribution is -2.33. The second kappa shape index (κ2) is 12.3. The molecule has 0 saturated carbocycles. The van der Waals surface area contributed by atoms with Gasteiger partial charge in [0, 0.05) is 40.9 Å². The third-order valence-corrected chi connectivity index (χ3v) is 6.31. The summed E-state index contributed by atoms with van der Waals surface area (Å²) in [5, 5.41) is 40.4. The number of phenols is 1. The van der Waals surface area contributed by atoms with Crippen LogP contribution in [0.5, 0.6) is 5.75 Å². The number of aromatic amines is 1. The Balaban J connectivity index is 0.000000192. The Labute approximate surface area is 196 Å². The van der Waals surface area contributed by atoms with Crippen molar-refractivity contribution in [1.82, 2.24) is 15.6 Å². The van der Waals surface area contributed by atoms with Crippen LogP contribution in [0.3, 0.4) is 0 Å². The van der Waals surface area contributed by atoms with Gasteiger partial charge < -0.3 is 36.5 Å². The second-order valence-corrected chi connectivity index (χ2v) is 8.96. The van der Waals surface area contributed by atoms with Crippen molar-refractivity contribution >= 4 is 57.6 Å². The summed E-state index contributed by atoms with van der Waals surface area (Å²) in [6, 6.07) is 2.99. The van der Waals surface area contributed by atoms with Crippen molar-refractivity contribution in [2.75, 3.05) is 17.4 Å². The van der Waals surface area contributed by atoms with Crippen LogP contribution in [0.2, 0.25) is 0 Å². The Morgan fingerprint density at radius 2 is 1.82 bits per heavy atom. The van der Waals surface area contributed by atoms with Crippen LogP contribution in [-0.4, -0.2) is 84.1 Å². The molecule has 0 radical (unpaired) electrons. The highest BCUT2D eigenvalue weighted by molar-refractivity contribution is 8.14. The molecular formula is C19H24N4O8S2. The van der Waals surface area contributed by atoms with Gasteiger partial charge >= 0.3 is 17.9 Å². The molecule has 4 rings (SSSR count). The third kappa shape index (κ3) is 8.16. The zero-order chi connectivity index (χ0) is 24.5. The normalized spacial score (nSPS) is 20.1. The number of hydrogen-bond acceptors (Lipinski definition) is 9. The van der Waals surface area contributed by atoms with Crippen LogP contribution in [-0.2, 0) is 20.8 Å². The molecule has 0 aliphatic carbocycles. The van der Waals surface area contributed by atoms with E-state index in [9.17, 15) is 24.3 Å². The molecule has 2 saturated heterocycles. The molecule has 2 aromatic rings. The fraction of sp³-hybridized carbons (Fsp3) is 0.368. The maximum Gasteiger partial charge on any atom is 0.327 e. The Morgan fingerprint density at radius 3 is 2.27 bits per heavy atom. The summed E-state index contributed by atoms with van der Waals surface area (Å²) in [4.78, 5) is 44.2. The molecular weight excluding hydrogens is 476 g/mol. The minimum absolute atomic E-state index is 0.150. The van der Waals surface area contributed by atoms with E-state index in [2.05, 4.69) is 15.6 Å². The first kappa shape index (κ1) is 26.3. The molecule has 9 N–H and O–H groups in total. The van der Waals surface area contributed by atoms with Gasteiger partial charge in [-0.2, -0.15) is 0 Å². The van der Waals surface area contributed by atoms with Gasteiger partial charge in [0.2, 0.25) is 0 Å². The SMILES string of the molecule is N[C@@H](Cc1c[nH]c2ccc(O)cc12)C(=O)O.O=C(O)[C@@H]1CSCN1.O=C1N[C@H](C(=O)O)CS1. The van der Waals surface area contributed by atoms with Crippen LogP contribution >= 0.6 is 23.5 Å². The number of carbonyl (C=O) groups excluding carboxylic acids is 1. The van der Waals surface area contributed by atoms with E-state index in [1.165, 1.54) is 0 Å². The van der Waals surface area contributed by atoms with Crippen molar-refractivity contribution in [3.8, 4) is 5.75 Å². The molecule has 2 fully saturated rings. The van der Waals surface area contributed by atoms with Gasteiger partial charge in [-0.05, 0) is 23.8 Å². The molecule has 2 aliphatic rings. The fourth-order valence-electron chi connectivity index (χ4n) is 2.73. The number of thioether (sulfide) groups is 2. The maximum atomic E-state index is 10.6. The van der Waals surface area contributed by atoms with E-state index in [1.807, 2.05) is 0 Å². The molecule has 3 heterocycles. The lowest BCUT2D eigenvalue weighted by atomic mass is 10.1. The number of phenolic OH excluding ortho intramolecular Hbond substituents is 1. The molecule has 14 heteroatoms. The first-order valence-electron chi connectivity index (χ1n) is 9.56. The summed E-state index contributed by atoms with van der Waals surface area (Å²) in [5.74, 6) is -0.768. The highest BCUT2D eigenvalue weighted by atomic mass is 32.2. The summed E-state index contributed by atoms with van der Waals surface area (Å²) < 4.78 is 0. The van der Waals surface area contributed by atoms with E-state index in [4.69, 9.17) is 21.1 Å². The monoisotopic (exact) mass is 500 g/mol. The van der Waals surface area contributed by atoms with E-state index in [-0.39, 0.29) is 23.5 Å². The number of hydrogen-bond donors (Lipinski definition) is 8. The van der Waals surface area contributed by atoms with Crippen molar-refractivity contribution in [3.63, 3.8) is 0 Å². The van der Waals surface area contributed by atoms with Crippen LogP contribution in [0.15, 0.2) is 24.4 Å². The summed E-state index contributed by atoms with van der Waals surface area (Å²) in [6.45, 7) is 0. The summed E-state index contributed by atoms with van der Waals surface area (Å²) in [5.41, 5.74) is 7.11. The molecule has 0 spiro atoms. The number of aromatic hydroxyl groups is 1. The summed E-state index contributed by atoms with van der Waals surface area (Å²) in [6.07, 6.45) is 1.95. The largest absolute Gasteiger partial charge is 0.508 e. The standard InChI is InChI=1S/C11H12N2O3.C4H5NO3S.C4H7NO2S/c12-9(11(15)16)3-6-5-13-10-2-1-7(14)4-8(6)10;6-3(7)2-1-9-4(8)5-2;6-4(7)3-1-8-2-5-3/h1-2,4-5,9,13-14H,3,12H2,(H,15,16);2H,1H2,(H,5,8)(H,6,7);3,5H,1-2H2,(H,6,7)/t9-;2-;3-/m000/s1. The number of nitrogens with two attached hydrogens (primary N) is 1. The first-order valence-corrected chi connectivity index (χ1v) is 11.7. The van der Waals surface area contributed by atoms with Gasteiger partial charge in [-0.15, -0.1) is 11.8 Å². The minimum Gasteiger partial charge on any atom is -0.508 e. The van der Waals surface area contributed by atoms with Crippen LogP contribution in [0.1, 0.15) is 5.56 Å². The number of H-pyrrole nitrogens is 1. The molecule has 3 atom stereocenters. The van der Waals surface area contributed by atoms with Crippen molar-refractivity contribution in [3.05, 3.63) is 30.0 Å². The number of carboxylic acid groups (broad SMARTS) is 3. The number of rotatable bonds is 5. The van der Waals surface area contributed by atoms with Crippen LogP contribution in [0.25, 0.3) is 10.9 Å². The second-order valence-electron chi connectivity index (χ2n) is 6.94. The van der Waals surface area contributed by atoms with Gasteiger partial charge in [-0.25, -0.2) is 4.79 Å². The van der Waals surface area contributed by atoms with E-state index in [0.717, 1.165) is 34.1 Å². The Bertz CT molecular complexity index is 1010. The van der Waals surface area contributed by atoms with Crippen molar-refractivity contribution in [1.29, 1.82) is 0 Å². The molecule has 1 aromatic heterocycles. The van der Waals surface area contributed by atoms with Gasteiger partial charge in [0.05, 0.1) is 0 Å². The van der Waals surface area contributed by atoms with Crippen LogP contribution in [0.4, 0.5) is 4.79 Å². The number of carboxylic acids is 3. The molecule has 33 heavy (non-hydrogen) atoms. The number of nitrogens with one attached hydrogen (secondary N) is 3. The van der Waals surface area contributed by atoms with E-state index < -0.39 is 30.0 Å². The summed E-state index contributed by atoms with van der Waals surface area (Å²) in [7, 11) is 0. The highest BCUT2D eigenvalue weighted by Crippen LogP contribution is 2.23. The maximum absolute atomic E-state index is 10.6. The van der Waals surface area contributed by atoms with Gasteiger partial charge in [0.1, 0.15) is 23.9 Å². The molecule has 1 amide bonds. The van der Waals surface area contributed by atoms with Gasteiger partial charge in [0.25, 0.3) is 5.24 Å². The van der Waals surface area contributed by atoms with Crippen molar-refractivity contribution < 1.29 is 39.6 Å². The number of aromatic nitrogens is 1. The van der Waals surface area contributed by atoms with Gasteiger partial charge in [-0.3, -0.25) is 19.7 Å². The lowest BCUT2D eigenvalue weighted by Gasteiger charge is -2.04. The number of aliphatic carboxylic acids is 3. The number of benzene rings is 1. The molecule has 0 bridgehead atoms. The van der Waals surface area contributed by atoms with Gasteiger partial charge in [-0.1, -0.05) is 11.8 Å². The van der Waals surface area contributed by atoms with Crippen molar-refractivity contribution in [2.24, 2.45) is 5.73 Å². The number of amides is 1. The quantitative estimate of drug-likeness (QED) is 0.281. The highest BCUT2D eigenvalue weighted by Gasteiger charge is 2.27. The van der Waals surface area contributed by atoms with Gasteiger partial charge in [0.15, 0.2) is 0 Å². The smallest absolute Gasteiger partial charge is 0.327 e. The van der Waals surface area contributed by atoms with Crippen molar-refractivity contribution in [2.45, 2.75) is 24.5 Å². The molecule has 180 valence electrons.